The van der Waals surface area contributed by atoms with Gasteiger partial charge in [-0.25, -0.2) is 9.14 Å². The van der Waals surface area contributed by atoms with E-state index >= 15 is 0 Å². The number of hydrogen-bond acceptors (Lipinski definition) is 5. The zero-order valence-electron chi connectivity index (χ0n) is 21.5. The van der Waals surface area contributed by atoms with Crippen LogP contribution in [0.5, 0.6) is 0 Å². The number of phosphoric acid groups is 1. The Balaban J connectivity index is 4.26. The van der Waals surface area contributed by atoms with Gasteiger partial charge in [0.15, 0.2) is 6.54 Å². The quantitative estimate of drug-likeness (QED) is 0.0799. The highest BCUT2D eigenvalue weighted by Crippen LogP contribution is 2.43. The summed E-state index contributed by atoms with van der Waals surface area (Å²) in [5.74, 6) is 21.1. The van der Waals surface area contributed by atoms with Gasteiger partial charge in [0.25, 0.3) is 0 Å². The monoisotopic (exact) mass is 504 g/mol. The summed E-state index contributed by atoms with van der Waals surface area (Å²) in [6.45, 7) is 5.48. The van der Waals surface area contributed by atoms with Crippen molar-refractivity contribution in [2.24, 2.45) is 5.92 Å². The van der Waals surface area contributed by atoms with Crippen molar-refractivity contribution in [2.75, 3.05) is 33.4 Å². The Morgan fingerprint density at radius 3 is 2.31 bits per heavy atom. The highest BCUT2D eigenvalue weighted by Gasteiger charge is 2.24. The van der Waals surface area contributed by atoms with E-state index in [1.165, 1.54) is 0 Å². The van der Waals surface area contributed by atoms with Crippen molar-refractivity contribution in [2.45, 2.75) is 72.1 Å². The number of likely N-dealkylation sites (N-methyl/N-ethyl adjacent to an activating group) is 1. The van der Waals surface area contributed by atoms with Crippen molar-refractivity contribution in [1.82, 2.24) is 0 Å². The second kappa shape index (κ2) is 22.0. The highest BCUT2D eigenvalue weighted by atomic mass is 31.2. The number of carbonyl (C=O) groups excluding carboxylic acids is 1. The molecule has 0 aromatic carbocycles. The number of carbonyl (C=O) groups is 1. The lowest BCUT2D eigenvalue weighted by molar-refractivity contribution is -0.494. The van der Waals surface area contributed by atoms with E-state index in [0.29, 0.717) is 13.0 Å². The summed E-state index contributed by atoms with van der Waals surface area (Å²) in [5.41, 5.74) is 0. The zero-order valence-corrected chi connectivity index (χ0v) is 22.4. The lowest BCUT2D eigenvalue weighted by Crippen LogP contribution is -2.18. The molecule has 0 radical (unpaired) electrons. The van der Waals surface area contributed by atoms with Crippen LogP contribution in [0.4, 0.5) is 0 Å². The van der Waals surface area contributed by atoms with Gasteiger partial charge >= 0.3 is 13.8 Å². The molecule has 0 spiro atoms. The SMILES string of the molecule is CC#CC#CCCCCCCCCC(=O)OCC(C#CC#CC)COP(=O)(O)OCC[N+](C)=CC. The minimum Gasteiger partial charge on any atom is -0.464 e. The third-order valence-corrected chi connectivity index (χ3v) is 5.68. The fourth-order valence-corrected chi connectivity index (χ4v) is 3.36. The number of unbranched alkanes of at least 4 members (excludes halogenated alkanes) is 6. The first-order chi connectivity index (χ1) is 16.8. The summed E-state index contributed by atoms with van der Waals surface area (Å²) in [4.78, 5) is 21.9. The molecular formula is C27H39NO6P+. The minimum absolute atomic E-state index is 0.0313. The van der Waals surface area contributed by atoms with Crippen LogP contribution in [0, 0.1) is 53.3 Å². The summed E-state index contributed by atoms with van der Waals surface area (Å²) in [6, 6.07) is 0. The van der Waals surface area contributed by atoms with Crippen LogP contribution in [-0.4, -0.2) is 55.1 Å². The maximum atomic E-state index is 12.1. The van der Waals surface area contributed by atoms with Crippen molar-refractivity contribution in [3.63, 3.8) is 0 Å². The van der Waals surface area contributed by atoms with Gasteiger partial charge in [-0.1, -0.05) is 49.4 Å². The predicted octanol–water partition coefficient (Wildman–Crippen LogP) is 4.19. The number of hydrogen-bond donors (Lipinski definition) is 1. The van der Waals surface area contributed by atoms with Crippen molar-refractivity contribution in [3.8, 4) is 47.4 Å². The molecule has 0 heterocycles. The third-order valence-electron chi connectivity index (χ3n) is 4.70. The molecule has 1 N–H and O–H groups in total. The van der Waals surface area contributed by atoms with E-state index < -0.39 is 13.7 Å². The molecule has 0 aliphatic carbocycles. The van der Waals surface area contributed by atoms with E-state index in [1.54, 1.807) is 13.8 Å². The lowest BCUT2D eigenvalue weighted by atomic mass is 10.1. The number of nitrogens with zero attached hydrogens (tertiary/aromatic N) is 1. The average molecular weight is 505 g/mol. The molecule has 0 aliphatic rings. The van der Waals surface area contributed by atoms with Crippen LogP contribution in [0.1, 0.15) is 72.1 Å². The van der Waals surface area contributed by atoms with Gasteiger partial charge in [-0.05, 0) is 50.4 Å². The molecular weight excluding hydrogens is 465 g/mol. The number of esters is 1. The van der Waals surface area contributed by atoms with Gasteiger partial charge < -0.3 is 9.63 Å². The van der Waals surface area contributed by atoms with E-state index in [2.05, 4.69) is 47.4 Å². The standard InChI is InChI=1S/C27H38NO6P/c1-5-8-10-11-12-13-14-15-16-17-19-21-27(29)32-24-26(20-18-9-6-2)25-34-35(30,31)33-23-22-28(4)7-3/h7,26H,12-17,19,21-25H2,1-4H3/p+1. The zero-order chi connectivity index (χ0) is 26.2. The van der Waals surface area contributed by atoms with Gasteiger partial charge in [0.1, 0.15) is 26.5 Å². The van der Waals surface area contributed by atoms with Crippen molar-refractivity contribution < 1.29 is 32.6 Å². The van der Waals surface area contributed by atoms with Crippen molar-refractivity contribution in [1.29, 1.82) is 0 Å². The smallest absolute Gasteiger partial charge is 0.464 e. The van der Waals surface area contributed by atoms with Gasteiger partial charge in [-0.15, -0.1) is 0 Å². The Morgan fingerprint density at radius 1 is 0.971 bits per heavy atom. The molecule has 8 heteroatoms. The Bertz CT molecular complexity index is 943. The van der Waals surface area contributed by atoms with Gasteiger partial charge in [-0.3, -0.25) is 13.8 Å². The maximum absolute atomic E-state index is 12.1. The fourth-order valence-electron chi connectivity index (χ4n) is 2.61. The van der Waals surface area contributed by atoms with Crippen LogP contribution < -0.4 is 0 Å². The second-order valence-electron chi connectivity index (χ2n) is 7.66. The van der Waals surface area contributed by atoms with Crippen LogP contribution in [0.25, 0.3) is 0 Å². The molecule has 0 bridgehead atoms. The summed E-state index contributed by atoms with van der Waals surface area (Å²) >= 11 is 0. The Kier molecular flexibility index (Phi) is 20.4. The molecule has 0 rings (SSSR count). The summed E-state index contributed by atoms with van der Waals surface area (Å²) in [7, 11) is -2.42. The summed E-state index contributed by atoms with van der Waals surface area (Å²) in [6.07, 6.45) is 9.07. The molecule has 35 heavy (non-hydrogen) atoms. The predicted molar refractivity (Wildman–Crippen MR) is 138 cm³/mol. The molecule has 2 unspecified atom stereocenters. The number of phosphoric ester groups is 1. The van der Waals surface area contributed by atoms with Gasteiger partial charge in [-0.2, -0.15) is 0 Å². The van der Waals surface area contributed by atoms with Crippen LogP contribution in [0.2, 0.25) is 0 Å². The molecule has 0 aromatic rings. The second-order valence-corrected chi connectivity index (χ2v) is 9.11. The third kappa shape index (κ3) is 21.7. The van der Waals surface area contributed by atoms with Gasteiger partial charge in [0.05, 0.1) is 12.5 Å². The maximum Gasteiger partial charge on any atom is 0.472 e. The van der Waals surface area contributed by atoms with Gasteiger partial charge in [0, 0.05) is 19.8 Å². The normalized spacial score (nSPS) is 12.8. The van der Waals surface area contributed by atoms with Gasteiger partial charge in [0.2, 0.25) is 0 Å². The summed E-state index contributed by atoms with van der Waals surface area (Å²) < 4.78 is 29.2. The lowest BCUT2D eigenvalue weighted by Gasteiger charge is -2.15. The Hall–Kier alpha value is -2.51. The molecule has 0 aliphatic heterocycles. The number of ether oxygens (including phenoxy) is 1. The van der Waals surface area contributed by atoms with Crippen molar-refractivity contribution >= 4 is 20.0 Å². The van der Waals surface area contributed by atoms with Crippen molar-refractivity contribution in [3.05, 3.63) is 0 Å². The molecule has 0 amide bonds. The Labute approximate surface area is 211 Å². The first-order valence-electron chi connectivity index (χ1n) is 11.9. The van der Waals surface area contributed by atoms with E-state index in [0.717, 1.165) is 44.9 Å². The summed E-state index contributed by atoms with van der Waals surface area (Å²) in [5, 5.41) is 0. The molecule has 0 fully saturated rings. The van der Waals surface area contributed by atoms with E-state index in [-0.39, 0.29) is 25.8 Å². The van der Waals surface area contributed by atoms with E-state index in [9.17, 15) is 14.3 Å². The first-order valence-corrected chi connectivity index (χ1v) is 13.4. The largest absolute Gasteiger partial charge is 0.472 e. The molecule has 0 saturated carbocycles. The highest BCUT2D eigenvalue weighted by molar-refractivity contribution is 7.47. The number of rotatable bonds is 17. The molecule has 0 aromatic heterocycles. The van der Waals surface area contributed by atoms with Crippen LogP contribution in [-0.2, 0) is 23.1 Å². The minimum atomic E-state index is -4.24. The first kappa shape index (κ1) is 32.5. The molecule has 0 saturated heterocycles. The topological polar surface area (TPSA) is 85.1 Å². The van der Waals surface area contributed by atoms with E-state index in [4.69, 9.17) is 13.8 Å². The van der Waals surface area contributed by atoms with Crippen LogP contribution in [0.3, 0.4) is 0 Å². The molecule has 7 nitrogen and oxygen atoms in total. The average Bonchev–Trinajstić information content (AvgIpc) is 2.83. The Morgan fingerprint density at radius 2 is 1.63 bits per heavy atom. The van der Waals surface area contributed by atoms with Crippen LogP contribution in [0.15, 0.2) is 0 Å². The molecule has 2 atom stereocenters. The van der Waals surface area contributed by atoms with Crippen LogP contribution >= 0.6 is 7.82 Å². The van der Waals surface area contributed by atoms with E-state index in [1.807, 2.05) is 24.8 Å². The molecule has 192 valence electrons. The fraction of sp³-hybridized carbons (Fsp3) is 0.630.